The largest absolute Gasteiger partial charge is 0.478 e. The molecule has 0 atom stereocenters. The van der Waals surface area contributed by atoms with Crippen molar-refractivity contribution in [2.24, 2.45) is 0 Å². The zero-order valence-electron chi connectivity index (χ0n) is 29.8. The molecule has 0 bridgehead atoms. The van der Waals surface area contributed by atoms with Crippen LogP contribution in [0.5, 0.6) is 34.5 Å². The standard InChI is InChI=1S/C42H34N2O13/c45-40(39-21-26(23-53-50)1-20-38(39)42(48)49)43-30-4-8-32(9-5-30)55-34-12-16-36(17-13-34)57-37-18-14-35(15-19-37)56-33-10-6-31(7-11-33)44-52-24-29-22-27(41(46)47)2-3-28(29)25-54-51/h1-22,44,50-51H,23-25H2,(H,43,45)(H,46,47)(H,48,49). The number of rotatable bonds is 18. The summed E-state index contributed by atoms with van der Waals surface area (Å²) in [6.45, 7) is -0.300. The maximum absolute atomic E-state index is 12.9. The van der Waals surface area contributed by atoms with Crippen LogP contribution in [-0.2, 0) is 34.4 Å². The average molecular weight is 775 g/mol. The smallest absolute Gasteiger partial charge is 0.336 e. The lowest BCUT2D eigenvalue weighted by molar-refractivity contribution is -0.253. The highest BCUT2D eigenvalue weighted by Crippen LogP contribution is 2.30. The van der Waals surface area contributed by atoms with Crippen LogP contribution in [0.15, 0.2) is 133 Å². The molecule has 57 heavy (non-hydrogen) atoms. The quantitative estimate of drug-likeness (QED) is 0.0355. The molecule has 0 radical (unpaired) electrons. The topological polar surface area (TPSA) is 212 Å². The van der Waals surface area contributed by atoms with Gasteiger partial charge in [0.15, 0.2) is 0 Å². The third-order valence-corrected chi connectivity index (χ3v) is 8.20. The third-order valence-electron chi connectivity index (χ3n) is 8.20. The van der Waals surface area contributed by atoms with Gasteiger partial charge in [-0.1, -0.05) is 12.1 Å². The zero-order valence-corrected chi connectivity index (χ0v) is 29.8. The van der Waals surface area contributed by atoms with Gasteiger partial charge in [0.2, 0.25) is 0 Å². The van der Waals surface area contributed by atoms with E-state index in [0.29, 0.717) is 62.6 Å². The van der Waals surface area contributed by atoms with E-state index in [1.54, 1.807) is 103 Å². The van der Waals surface area contributed by atoms with Crippen LogP contribution in [0.1, 0.15) is 47.8 Å². The van der Waals surface area contributed by atoms with Crippen molar-refractivity contribution >= 4 is 29.2 Å². The first-order valence-corrected chi connectivity index (χ1v) is 17.0. The van der Waals surface area contributed by atoms with Crippen molar-refractivity contribution < 1.29 is 63.9 Å². The molecule has 6 N–H and O–H groups in total. The zero-order chi connectivity index (χ0) is 40.1. The SMILES string of the molecule is O=C(O)c1ccc(COO)c(CONc2ccc(Oc3ccc(Oc4ccc(Oc5ccc(NC(=O)c6cc(COO)ccc6C(=O)O)cc5)cc4)cc3)cc2)c1. The second-order valence-corrected chi connectivity index (χ2v) is 12.2. The number of ether oxygens (including phenoxy) is 3. The van der Waals surface area contributed by atoms with Crippen LogP contribution in [0.3, 0.4) is 0 Å². The molecule has 0 fully saturated rings. The minimum absolute atomic E-state index is 0.0202. The Labute approximate surface area is 324 Å². The van der Waals surface area contributed by atoms with Gasteiger partial charge >= 0.3 is 11.9 Å². The van der Waals surface area contributed by atoms with Crippen LogP contribution in [0.25, 0.3) is 0 Å². The molecule has 0 heterocycles. The van der Waals surface area contributed by atoms with Crippen LogP contribution in [0.4, 0.5) is 11.4 Å². The minimum Gasteiger partial charge on any atom is -0.478 e. The van der Waals surface area contributed by atoms with Crippen LogP contribution in [0, 0.1) is 0 Å². The third kappa shape index (κ3) is 10.9. The maximum atomic E-state index is 12.9. The van der Waals surface area contributed by atoms with E-state index in [-0.39, 0.29) is 36.5 Å². The molecule has 0 saturated heterocycles. The van der Waals surface area contributed by atoms with Crippen molar-refractivity contribution in [2.45, 2.75) is 19.8 Å². The highest BCUT2D eigenvalue weighted by Gasteiger charge is 2.18. The second kappa shape index (κ2) is 18.9. The Hall–Kier alpha value is -7.27. The monoisotopic (exact) mass is 774 g/mol. The highest BCUT2D eigenvalue weighted by atomic mass is 17.1. The number of hydrogen-bond donors (Lipinski definition) is 6. The summed E-state index contributed by atoms with van der Waals surface area (Å²) in [5.74, 6) is 0.357. The lowest BCUT2D eigenvalue weighted by Crippen LogP contribution is -2.17. The maximum Gasteiger partial charge on any atom is 0.336 e. The number of hydrogen-bond acceptors (Lipinski definition) is 12. The molecule has 0 aliphatic rings. The summed E-state index contributed by atoms with van der Waals surface area (Å²) in [5, 5.41) is 39.0. The van der Waals surface area contributed by atoms with Crippen molar-refractivity contribution in [1.29, 1.82) is 0 Å². The molecule has 0 aliphatic heterocycles. The van der Waals surface area contributed by atoms with E-state index in [4.69, 9.17) is 29.6 Å². The summed E-state index contributed by atoms with van der Waals surface area (Å²) in [4.78, 5) is 49.7. The summed E-state index contributed by atoms with van der Waals surface area (Å²) in [6, 6.07) is 36.1. The number of amides is 1. The van der Waals surface area contributed by atoms with E-state index < -0.39 is 17.8 Å². The number of nitrogens with one attached hydrogen (secondary N) is 2. The summed E-state index contributed by atoms with van der Waals surface area (Å²) in [5.41, 5.74) is 5.20. The molecule has 0 aromatic heterocycles. The molecule has 0 saturated carbocycles. The van der Waals surface area contributed by atoms with Gasteiger partial charge in [-0.2, -0.15) is 0 Å². The van der Waals surface area contributed by atoms with Crippen molar-refractivity contribution in [3.8, 4) is 34.5 Å². The fourth-order valence-corrected chi connectivity index (χ4v) is 5.39. The Balaban J connectivity index is 0.963. The lowest BCUT2D eigenvalue weighted by Gasteiger charge is -2.12. The Morgan fingerprint density at radius 2 is 0.965 bits per heavy atom. The number of carbonyl (C=O) groups is 3. The highest BCUT2D eigenvalue weighted by molar-refractivity contribution is 6.10. The molecule has 6 aromatic rings. The molecule has 6 rings (SSSR count). The van der Waals surface area contributed by atoms with Crippen LogP contribution in [0.2, 0.25) is 0 Å². The average Bonchev–Trinajstić information content (AvgIpc) is 3.21. The molecule has 0 unspecified atom stereocenters. The van der Waals surface area contributed by atoms with Crippen molar-refractivity contribution in [3.63, 3.8) is 0 Å². The normalized spacial score (nSPS) is 10.7. The van der Waals surface area contributed by atoms with E-state index in [0.717, 1.165) is 0 Å². The number of carbonyl (C=O) groups excluding carboxylic acids is 1. The Morgan fingerprint density at radius 1 is 0.474 bits per heavy atom. The number of anilines is 2. The van der Waals surface area contributed by atoms with Gasteiger partial charge in [0.05, 0.1) is 22.4 Å². The molecule has 290 valence electrons. The number of aromatic carboxylic acids is 2. The Morgan fingerprint density at radius 3 is 1.44 bits per heavy atom. The van der Waals surface area contributed by atoms with E-state index in [1.807, 2.05) is 0 Å². The number of carboxylic acids is 2. The molecule has 15 heteroatoms. The van der Waals surface area contributed by atoms with Crippen LogP contribution in [-0.4, -0.2) is 38.6 Å². The molecular formula is C42H34N2O13. The second-order valence-electron chi connectivity index (χ2n) is 12.2. The van der Waals surface area contributed by atoms with Crippen molar-refractivity contribution in [3.05, 3.63) is 167 Å². The van der Waals surface area contributed by atoms with Gasteiger partial charge in [-0.25, -0.2) is 19.4 Å². The minimum atomic E-state index is -1.27. The van der Waals surface area contributed by atoms with Gasteiger partial charge in [-0.3, -0.25) is 25.6 Å². The van der Waals surface area contributed by atoms with E-state index >= 15 is 0 Å². The lowest BCUT2D eigenvalue weighted by atomic mass is 10.0. The van der Waals surface area contributed by atoms with Gasteiger partial charge < -0.3 is 29.7 Å². The van der Waals surface area contributed by atoms with E-state index in [2.05, 4.69) is 20.6 Å². The fraction of sp³-hybridized carbons (Fsp3) is 0.0714. The van der Waals surface area contributed by atoms with Crippen molar-refractivity contribution in [1.82, 2.24) is 0 Å². The van der Waals surface area contributed by atoms with Crippen LogP contribution < -0.4 is 25.0 Å². The molecular weight excluding hydrogens is 740 g/mol. The summed E-state index contributed by atoms with van der Waals surface area (Å²) in [6.07, 6.45) is 0. The fourth-order valence-electron chi connectivity index (χ4n) is 5.39. The first-order valence-electron chi connectivity index (χ1n) is 17.0. The predicted octanol–water partition coefficient (Wildman–Crippen LogP) is 9.24. The first-order chi connectivity index (χ1) is 27.7. The number of benzene rings is 6. The molecule has 6 aromatic carbocycles. The summed E-state index contributed by atoms with van der Waals surface area (Å²) in [7, 11) is 0. The van der Waals surface area contributed by atoms with Crippen molar-refractivity contribution in [2.75, 3.05) is 10.8 Å². The predicted molar refractivity (Wildman–Crippen MR) is 204 cm³/mol. The van der Waals surface area contributed by atoms with Gasteiger partial charge in [0, 0.05) is 5.69 Å². The number of carboxylic acid groups (broad SMARTS) is 2. The Kier molecular flexibility index (Phi) is 13.0. The van der Waals surface area contributed by atoms with Gasteiger partial charge in [0.1, 0.15) is 54.3 Å². The van der Waals surface area contributed by atoms with Gasteiger partial charge in [0.25, 0.3) is 5.91 Å². The van der Waals surface area contributed by atoms with Gasteiger partial charge in [-0.15, -0.1) is 0 Å². The summed E-state index contributed by atoms with van der Waals surface area (Å²) >= 11 is 0. The molecule has 1 amide bonds. The first kappa shape index (κ1) is 39.4. The molecule has 15 nitrogen and oxygen atoms in total. The molecule has 0 spiro atoms. The van der Waals surface area contributed by atoms with E-state index in [1.165, 1.54) is 30.3 Å². The van der Waals surface area contributed by atoms with Gasteiger partial charge in [-0.05, 0) is 138 Å². The molecule has 0 aliphatic carbocycles. The Bertz CT molecular complexity index is 2310. The van der Waals surface area contributed by atoms with E-state index in [9.17, 15) is 24.6 Å². The summed E-state index contributed by atoms with van der Waals surface area (Å²) < 4.78 is 17.8. The van der Waals surface area contributed by atoms with Crippen LogP contribution >= 0.6 is 0 Å².